The number of hydrogen-bond acceptors (Lipinski definition) is 3. The highest BCUT2D eigenvalue weighted by atomic mass is 15.1. The smallest absolute Gasteiger partial charge is 0.162 e. The van der Waals surface area contributed by atoms with E-state index < -0.39 is 0 Å². The van der Waals surface area contributed by atoms with Crippen LogP contribution < -0.4 is 5.73 Å². The monoisotopic (exact) mass is 655 g/mol. The van der Waals surface area contributed by atoms with E-state index in [9.17, 15) is 0 Å². The second-order valence-electron chi connectivity index (χ2n) is 12.5. The molecule has 0 saturated carbocycles. The number of aromatic nitrogens is 4. The van der Waals surface area contributed by atoms with Crippen molar-refractivity contribution in [2.45, 2.75) is 0 Å². The van der Waals surface area contributed by atoms with Gasteiger partial charge in [0.2, 0.25) is 0 Å². The molecule has 242 valence electrons. The van der Waals surface area contributed by atoms with Crippen molar-refractivity contribution in [2.75, 3.05) is 5.73 Å². The van der Waals surface area contributed by atoms with Crippen LogP contribution in [0.5, 0.6) is 0 Å². The third kappa shape index (κ3) is 5.11. The first-order chi connectivity index (χ1) is 25.2. The van der Waals surface area contributed by atoms with Crippen molar-refractivity contribution < 1.29 is 0 Å². The molecule has 3 heterocycles. The van der Waals surface area contributed by atoms with Crippen LogP contribution in [0.1, 0.15) is 5.56 Å². The Hall–Kier alpha value is -6.98. The van der Waals surface area contributed by atoms with Crippen molar-refractivity contribution in [3.05, 3.63) is 182 Å². The molecule has 0 unspecified atom stereocenters. The zero-order chi connectivity index (χ0) is 34.3. The molecule has 0 aliphatic rings. The number of para-hydroxylation sites is 2. The van der Waals surface area contributed by atoms with Gasteiger partial charge in [0, 0.05) is 44.6 Å². The molecule has 0 atom stereocenters. The van der Waals surface area contributed by atoms with Gasteiger partial charge in [-0.25, -0.2) is 9.97 Å². The van der Waals surface area contributed by atoms with E-state index in [1.54, 1.807) is 6.08 Å². The van der Waals surface area contributed by atoms with Crippen LogP contribution in [0.2, 0.25) is 0 Å². The van der Waals surface area contributed by atoms with Crippen molar-refractivity contribution >= 4 is 44.6 Å². The Labute approximate surface area is 295 Å². The van der Waals surface area contributed by atoms with Gasteiger partial charge in [-0.3, -0.25) is 9.13 Å². The minimum atomic E-state index is 0.681. The zero-order valence-corrected chi connectivity index (χ0v) is 27.8. The highest BCUT2D eigenvalue weighted by Crippen LogP contribution is 2.41. The molecule has 9 aromatic rings. The van der Waals surface area contributed by atoms with E-state index in [4.69, 9.17) is 15.7 Å². The maximum absolute atomic E-state index is 6.88. The van der Waals surface area contributed by atoms with Crippen LogP contribution in [0.4, 0.5) is 5.82 Å². The molecule has 0 aliphatic heterocycles. The fourth-order valence-corrected chi connectivity index (χ4v) is 7.22. The quantitative estimate of drug-likeness (QED) is 0.174. The van der Waals surface area contributed by atoms with E-state index in [2.05, 4.69) is 119 Å². The van der Waals surface area contributed by atoms with Crippen molar-refractivity contribution in [2.24, 2.45) is 0 Å². The Morgan fingerprint density at radius 1 is 0.549 bits per heavy atom. The third-order valence-electron chi connectivity index (χ3n) is 9.51. The number of benzene rings is 6. The fraction of sp³-hybridized carbons (Fsp3) is 0. The molecule has 9 rings (SSSR count). The van der Waals surface area contributed by atoms with Gasteiger partial charge in [0.15, 0.2) is 5.82 Å². The normalized spacial score (nSPS) is 11.6. The fourth-order valence-electron chi connectivity index (χ4n) is 7.22. The van der Waals surface area contributed by atoms with Crippen LogP contribution >= 0.6 is 0 Å². The molecule has 3 aromatic heterocycles. The number of rotatable bonds is 7. The molecule has 0 spiro atoms. The highest BCUT2D eigenvalue weighted by Gasteiger charge is 2.20. The van der Waals surface area contributed by atoms with E-state index in [1.807, 2.05) is 66.7 Å². The molecule has 6 aromatic carbocycles. The Bertz CT molecular complexity index is 2700. The summed E-state index contributed by atoms with van der Waals surface area (Å²) < 4.78 is 4.41. The second kappa shape index (κ2) is 12.5. The van der Waals surface area contributed by atoms with E-state index in [-0.39, 0.29) is 0 Å². The largest absolute Gasteiger partial charge is 0.384 e. The zero-order valence-electron chi connectivity index (χ0n) is 27.8. The number of anilines is 1. The third-order valence-corrected chi connectivity index (χ3v) is 9.51. The van der Waals surface area contributed by atoms with E-state index >= 15 is 0 Å². The van der Waals surface area contributed by atoms with Gasteiger partial charge in [-0.2, -0.15) is 0 Å². The standard InChI is InChI=1S/C46H33N5/c1-2-3-22-37-36-28-27-33(29-42(36)50(45(37)47)34-20-11-6-12-21-34)35-24-15-26-41-44(35)38-23-13-14-25-40(38)51(41)43-30-39(31-16-7-4-8-17-31)48-46(49-43)32-18-9-5-10-19-32/h2-30H,1,47H2/b22-3-. The molecule has 0 amide bonds. The second-order valence-corrected chi connectivity index (χ2v) is 12.5. The number of nitrogens with zero attached hydrogens (tertiary/aromatic N) is 4. The molecule has 5 heteroatoms. The van der Waals surface area contributed by atoms with Gasteiger partial charge < -0.3 is 5.73 Å². The lowest BCUT2D eigenvalue weighted by molar-refractivity contribution is 1.05. The van der Waals surface area contributed by atoms with Crippen molar-refractivity contribution in [1.82, 2.24) is 19.1 Å². The molecule has 51 heavy (non-hydrogen) atoms. The van der Waals surface area contributed by atoms with Gasteiger partial charge in [-0.1, -0.05) is 146 Å². The molecule has 5 nitrogen and oxygen atoms in total. The van der Waals surface area contributed by atoms with Gasteiger partial charge in [0.05, 0.1) is 22.2 Å². The summed E-state index contributed by atoms with van der Waals surface area (Å²) in [6.45, 7) is 3.88. The summed E-state index contributed by atoms with van der Waals surface area (Å²) in [7, 11) is 0. The van der Waals surface area contributed by atoms with E-state index in [0.29, 0.717) is 11.6 Å². The molecule has 0 radical (unpaired) electrons. The predicted molar refractivity (Wildman–Crippen MR) is 213 cm³/mol. The summed E-state index contributed by atoms with van der Waals surface area (Å²) in [6, 6.07) is 54.6. The van der Waals surface area contributed by atoms with E-state index in [1.165, 1.54) is 0 Å². The molecule has 2 N–H and O–H groups in total. The lowest BCUT2D eigenvalue weighted by Gasteiger charge is -2.12. The number of fused-ring (bicyclic) bond motifs is 4. The molecular weight excluding hydrogens is 623 g/mol. The molecule has 0 saturated heterocycles. The first kappa shape index (κ1) is 30.1. The minimum Gasteiger partial charge on any atom is -0.384 e. The van der Waals surface area contributed by atoms with Gasteiger partial charge in [0.25, 0.3) is 0 Å². The maximum Gasteiger partial charge on any atom is 0.162 e. The van der Waals surface area contributed by atoms with Crippen LogP contribution in [0.15, 0.2) is 176 Å². The first-order valence-electron chi connectivity index (χ1n) is 17.0. The highest BCUT2D eigenvalue weighted by molar-refractivity contribution is 6.16. The SMILES string of the molecule is C=C/C=C\c1c(N)n(-c2ccccc2)c2cc(-c3cccc4c3c3ccccc3n4-c3cc(-c4ccccc4)nc(-c4ccccc4)n3)ccc12. The lowest BCUT2D eigenvalue weighted by Crippen LogP contribution is -2.02. The molecule has 0 fully saturated rings. The van der Waals surface area contributed by atoms with Crippen LogP contribution in [-0.2, 0) is 0 Å². The van der Waals surface area contributed by atoms with Crippen LogP contribution in [-0.4, -0.2) is 19.1 Å². The Morgan fingerprint density at radius 2 is 1.24 bits per heavy atom. The summed E-state index contributed by atoms with van der Waals surface area (Å²) in [5.41, 5.74) is 17.2. The minimum absolute atomic E-state index is 0.681. The number of hydrogen-bond donors (Lipinski definition) is 1. The lowest BCUT2D eigenvalue weighted by atomic mass is 9.98. The first-order valence-corrected chi connectivity index (χ1v) is 17.0. The summed E-state index contributed by atoms with van der Waals surface area (Å²) in [5, 5.41) is 3.39. The Balaban J connectivity index is 1.31. The number of allylic oxidation sites excluding steroid dienone is 2. The number of nitrogen functional groups attached to an aromatic ring is 1. The van der Waals surface area contributed by atoms with Crippen molar-refractivity contribution in [3.8, 4) is 45.3 Å². The summed E-state index contributed by atoms with van der Waals surface area (Å²) >= 11 is 0. The summed E-state index contributed by atoms with van der Waals surface area (Å²) in [4.78, 5) is 10.3. The Kier molecular flexibility index (Phi) is 7.37. The average molecular weight is 656 g/mol. The topological polar surface area (TPSA) is 61.7 Å². The average Bonchev–Trinajstić information content (AvgIpc) is 3.68. The van der Waals surface area contributed by atoms with Crippen LogP contribution in [0.3, 0.4) is 0 Å². The summed E-state index contributed by atoms with van der Waals surface area (Å²) in [5.74, 6) is 2.18. The van der Waals surface area contributed by atoms with Crippen LogP contribution in [0, 0.1) is 0 Å². The maximum atomic E-state index is 6.88. The molecule has 0 aliphatic carbocycles. The molecular formula is C46H33N5. The molecule has 0 bridgehead atoms. The van der Waals surface area contributed by atoms with Crippen molar-refractivity contribution in [1.29, 1.82) is 0 Å². The van der Waals surface area contributed by atoms with Crippen LogP contribution in [0.25, 0.3) is 84.1 Å². The predicted octanol–water partition coefficient (Wildman–Crippen LogP) is 11.3. The number of nitrogens with two attached hydrogens (primary N) is 1. The van der Waals surface area contributed by atoms with Gasteiger partial charge in [0.1, 0.15) is 11.6 Å². The van der Waals surface area contributed by atoms with Gasteiger partial charge in [-0.15, -0.1) is 0 Å². The van der Waals surface area contributed by atoms with Gasteiger partial charge >= 0.3 is 0 Å². The Morgan fingerprint density at radius 3 is 2.00 bits per heavy atom. The van der Waals surface area contributed by atoms with Gasteiger partial charge in [-0.05, 0) is 41.5 Å². The summed E-state index contributed by atoms with van der Waals surface area (Å²) in [6.07, 6.45) is 5.75. The van der Waals surface area contributed by atoms with Crippen molar-refractivity contribution in [3.63, 3.8) is 0 Å². The van der Waals surface area contributed by atoms with E-state index in [0.717, 1.165) is 77.7 Å².